The van der Waals surface area contributed by atoms with Crippen molar-refractivity contribution in [2.45, 2.75) is 70.5 Å². The second kappa shape index (κ2) is 11.4. The standard InChI is InChI=1S/C27H36N4O3/c1-20(12-15-26(33)30(16-17-32)22-8-4-2-5-9-22)31-19-21-18-24(13-14-25(21)29-27(31)28)34-23-10-6-3-7-11-23/h3,6-7,10-11,13-14,18,20,22,32H,2,4-5,8-9,12,15-17,19H2,1H3,(H2,28,29)/t20-/m1/s1. The van der Waals surface area contributed by atoms with E-state index in [4.69, 9.17) is 10.5 Å². The Bertz CT molecular complexity index is 989. The van der Waals surface area contributed by atoms with E-state index in [1.807, 2.05) is 53.4 Å². The van der Waals surface area contributed by atoms with E-state index in [1.165, 1.54) is 6.42 Å². The van der Waals surface area contributed by atoms with Crippen LogP contribution in [0.4, 0.5) is 5.69 Å². The van der Waals surface area contributed by atoms with Crippen molar-refractivity contribution in [1.82, 2.24) is 9.80 Å². The number of aliphatic hydroxyl groups is 1. The Hall–Kier alpha value is -3.06. The van der Waals surface area contributed by atoms with Gasteiger partial charge in [-0.2, -0.15) is 0 Å². The second-order valence-corrected chi connectivity index (χ2v) is 9.29. The van der Waals surface area contributed by atoms with Gasteiger partial charge in [0.15, 0.2) is 5.96 Å². The van der Waals surface area contributed by atoms with Crippen LogP contribution in [0.5, 0.6) is 11.5 Å². The maximum Gasteiger partial charge on any atom is 0.222 e. The van der Waals surface area contributed by atoms with Gasteiger partial charge in [0.05, 0.1) is 12.3 Å². The summed E-state index contributed by atoms with van der Waals surface area (Å²) in [5.74, 6) is 2.15. The van der Waals surface area contributed by atoms with Crippen molar-refractivity contribution in [1.29, 1.82) is 0 Å². The van der Waals surface area contributed by atoms with Gasteiger partial charge in [-0.15, -0.1) is 0 Å². The predicted octanol–water partition coefficient (Wildman–Crippen LogP) is 4.56. The molecule has 1 amide bonds. The number of nitrogens with zero attached hydrogens (tertiary/aromatic N) is 3. The predicted molar refractivity (Wildman–Crippen MR) is 134 cm³/mol. The van der Waals surface area contributed by atoms with Crippen LogP contribution in [0.3, 0.4) is 0 Å². The van der Waals surface area contributed by atoms with Gasteiger partial charge in [0.25, 0.3) is 0 Å². The Morgan fingerprint density at radius 3 is 2.68 bits per heavy atom. The molecule has 3 N–H and O–H groups in total. The summed E-state index contributed by atoms with van der Waals surface area (Å²) in [4.78, 5) is 21.6. The fraction of sp³-hybridized carbons (Fsp3) is 0.481. The monoisotopic (exact) mass is 464 g/mol. The zero-order valence-corrected chi connectivity index (χ0v) is 20.0. The first kappa shape index (κ1) is 24.1. The lowest BCUT2D eigenvalue weighted by molar-refractivity contribution is -0.135. The molecular formula is C27H36N4O3. The van der Waals surface area contributed by atoms with Crippen molar-refractivity contribution in [3.8, 4) is 11.5 Å². The number of fused-ring (bicyclic) bond motifs is 1. The van der Waals surface area contributed by atoms with E-state index < -0.39 is 0 Å². The van der Waals surface area contributed by atoms with Crippen LogP contribution in [0, 0.1) is 0 Å². The molecule has 0 saturated heterocycles. The Morgan fingerprint density at radius 1 is 1.18 bits per heavy atom. The van der Waals surface area contributed by atoms with Crippen LogP contribution >= 0.6 is 0 Å². The average Bonchev–Trinajstić information content (AvgIpc) is 2.86. The highest BCUT2D eigenvalue weighted by atomic mass is 16.5. The van der Waals surface area contributed by atoms with Crippen molar-refractivity contribution in [2.75, 3.05) is 13.2 Å². The molecule has 7 heteroatoms. The largest absolute Gasteiger partial charge is 0.457 e. The molecule has 1 aliphatic heterocycles. The number of benzene rings is 2. The van der Waals surface area contributed by atoms with Gasteiger partial charge in [-0.3, -0.25) is 4.79 Å². The van der Waals surface area contributed by atoms with Gasteiger partial charge < -0.3 is 25.4 Å². The number of rotatable bonds is 9. The van der Waals surface area contributed by atoms with Crippen molar-refractivity contribution in [3.05, 3.63) is 54.1 Å². The molecule has 2 aliphatic rings. The number of aliphatic imine (C=N–C) groups is 1. The van der Waals surface area contributed by atoms with Crippen molar-refractivity contribution in [2.24, 2.45) is 10.7 Å². The summed E-state index contributed by atoms with van der Waals surface area (Å²) in [6, 6.07) is 15.9. The zero-order valence-electron chi connectivity index (χ0n) is 20.0. The summed E-state index contributed by atoms with van der Waals surface area (Å²) in [5, 5.41) is 9.50. The number of nitrogens with two attached hydrogens (primary N) is 1. The number of hydrogen-bond acceptors (Lipinski definition) is 6. The van der Waals surface area contributed by atoms with Crippen LogP contribution in [0.25, 0.3) is 0 Å². The van der Waals surface area contributed by atoms with Gasteiger partial charge in [-0.1, -0.05) is 37.5 Å². The van der Waals surface area contributed by atoms with E-state index in [1.54, 1.807) is 0 Å². The summed E-state index contributed by atoms with van der Waals surface area (Å²) in [6.07, 6.45) is 6.75. The number of amides is 1. The van der Waals surface area contributed by atoms with Gasteiger partial charge in [0, 0.05) is 37.2 Å². The van der Waals surface area contributed by atoms with Gasteiger partial charge in [0.1, 0.15) is 11.5 Å². The second-order valence-electron chi connectivity index (χ2n) is 9.29. The van der Waals surface area contributed by atoms with Crippen molar-refractivity contribution >= 4 is 17.6 Å². The summed E-state index contributed by atoms with van der Waals surface area (Å²) in [5.41, 5.74) is 8.20. The third kappa shape index (κ3) is 5.89. The first-order valence-electron chi connectivity index (χ1n) is 12.4. The minimum atomic E-state index is 0.00763. The fourth-order valence-corrected chi connectivity index (χ4v) is 4.96. The lowest BCUT2D eigenvalue weighted by Gasteiger charge is -2.36. The van der Waals surface area contributed by atoms with Crippen LogP contribution in [0.2, 0.25) is 0 Å². The van der Waals surface area contributed by atoms with Crippen LogP contribution in [0.15, 0.2) is 53.5 Å². The molecule has 34 heavy (non-hydrogen) atoms. The lowest BCUT2D eigenvalue weighted by Crippen LogP contribution is -2.46. The zero-order chi connectivity index (χ0) is 23.9. The number of ether oxygens (including phenoxy) is 1. The minimum absolute atomic E-state index is 0.00763. The molecule has 4 rings (SSSR count). The molecule has 2 aromatic carbocycles. The number of carbonyl (C=O) groups excluding carboxylic acids is 1. The van der Waals surface area contributed by atoms with Crippen LogP contribution in [0.1, 0.15) is 57.4 Å². The molecule has 0 radical (unpaired) electrons. The maximum atomic E-state index is 13.0. The van der Waals surface area contributed by atoms with Gasteiger partial charge >= 0.3 is 0 Å². The third-order valence-electron chi connectivity index (χ3n) is 6.88. The normalized spacial score (nSPS) is 17.0. The summed E-state index contributed by atoms with van der Waals surface area (Å²) in [7, 11) is 0. The topological polar surface area (TPSA) is 91.4 Å². The molecule has 0 bridgehead atoms. The maximum absolute atomic E-state index is 13.0. The quantitative estimate of drug-likeness (QED) is 0.568. The Balaban J connectivity index is 1.38. The third-order valence-corrected chi connectivity index (χ3v) is 6.88. The SMILES string of the molecule is C[C@H](CCC(=O)N(CCO)C1CCCCC1)N1Cc2cc(Oc3ccccc3)ccc2N=C1N. The average molecular weight is 465 g/mol. The molecule has 1 fully saturated rings. The van der Waals surface area contributed by atoms with E-state index in [2.05, 4.69) is 16.8 Å². The molecule has 7 nitrogen and oxygen atoms in total. The van der Waals surface area contributed by atoms with E-state index in [-0.39, 0.29) is 24.6 Å². The number of guanidine groups is 1. The molecule has 2 aromatic rings. The van der Waals surface area contributed by atoms with Gasteiger partial charge in [-0.05, 0) is 56.5 Å². The molecule has 0 aromatic heterocycles. The van der Waals surface area contributed by atoms with E-state index in [0.717, 1.165) is 48.4 Å². The first-order chi connectivity index (χ1) is 16.5. The number of hydrogen-bond donors (Lipinski definition) is 2. The molecule has 1 atom stereocenters. The van der Waals surface area contributed by atoms with Crippen LogP contribution < -0.4 is 10.5 Å². The van der Waals surface area contributed by atoms with Crippen LogP contribution in [-0.4, -0.2) is 52.0 Å². The van der Waals surface area contributed by atoms with E-state index in [9.17, 15) is 9.90 Å². The van der Waals surface area contributed by atoms with Gasteiger partial charge in [0.2, 0.25) is 5.91 Å². The lowest BCUT2D eigenvalue weighted by atomic mass is 9.93. The number of carbonyl (C=O) groups is 1. The molecular weight excluding hydrogens is 428 g/mol. The Kier molecular flexibility index (Phi) is 8.06. The van der Waals surface area contributed by atoms with E-state index >= 15 is 0 Å². The van der Waals surface area contributed by atoms with Crippen molar-refractivity contribution in [3.63, 3.8) is 0 Å². The highest BCUT2D eigenvalue weighted by Gasteiger charge is 2.27. The Morgan fingerprint density at radius 2 is 1.94 bits per heavy atom. The summed E-state index contributed by atoms with van der Waals surface area (Å²) >= 11 is 0. The molecule has 182 valence electrons. The smallest absolute Gasteiger partial charge is 0.222 e. The Labute approximate surface area is 202 Å². The molecule has 1 aliphatic carbocycles. The van der Waals surface area contributed by atoms with Gasteiger partial charge in [-0.25, -0.2) is 4.99 Å². The molecule has 0 spiro atoms. The highest BCUT2D eigenvalue weighted by Crippen LogP contribution is 2.32. The number of para-hydroxylation sites is 1. The summed E-state index contributed by atoms with van der Waals surface area (Å²) in [6.45, 7) is 3.13. The van der Waals surface area contributed by atoms with E-state index in [0.29, 0.717) is 31.9 Å². The highest BCUT2D eigenvalue weighted by molar-refractivity contribution is 5.84. The van der Waals surface area contributed by atoms with Crippen LogP contribution in [-0.2, 0) is 11.3 Å². The molecule has 0 unspecified atom stereocenters. The summed E-state index contributed by atoms with van der Waals surface area (Å²) < 4.78 is 5.98. The molecule has 1 heterocycles. The molecule has 1 saturated carbocycles. The number of aliphatic hydroxyl groups excluding tert-OH is 1. The first-order valence-corrected chi connectivity index (χ1v) is 12.4. The fourth-order valence-electron chi connectivity index (χ4n) is 4.96. The minimum Gasteiger partial charge on any atom is -0.457 e. The van der Waals surface area contributed by atoms with Crippen molar-refractivity contribution < 1.29 is 14.6 Å².